The molecule has 0 aliphatic rings. The molecule has 0 radical (unpaired) electrons. The Morgan fingerprint density at radius 3 is 2.16 bits per heavy atom. The third-order valence-electron chi connectivity index (χ3n) is 2.75. The predicted octanol–water partition coefficient (Wildman–Crippen LogP) is 2.36. The van der Waals surface area contributed by atoms with Crippen molar-refractivity contribution >= 4 is 16.1 Å². The highest BCUT2D eigenvalue weighted by molar-refractivity contribution is 7.87. The van der Waals surface area contributed by atoms with Gasteiger partial charge < -0.3 is 4.74 Å². The summed E-state index contributed by atoms with van der Waals surface area (Å²) in [5.41, 5.74) is 0. The van der Waals surface area contributed by atoms with Crippen molar-refractivity contribution < 1.29 is 22.1 Å². The summed E-state index contributed by atoms with van der Waals surface area (Å²) in [5, 5.41) is -0.810. The van der Waals surface area contributed by atoms with Crippen LogP contribution < -0.4 is 0 Å². The average molecular weight is 294 g/mol. The van der Waals surface area contributed by atoms with Crippen molar-refractivity contribution in [3.63, 3.8) is 0 Å². The van der Waals surface area contributed by atoms with Gasteiger partial charge in [0.1, 0.15) is 11.9 Å². The van der Waals surface area contributed by atoms with Crippen molar-refractivity contribution in [1.82, 2.24) is 0 Å². The molecule has 1 atom stereocenters. The summed E-state index contributed by atoms with van der Waals surface area (Å²) in [6, 6.07) is 0. The minimum absolute atomic E-state index is 0.144. The molecule has 6 heteroatoms. The highest BCUT2D eigenvalue weighted by Gasteiger charge is 2.31. The molecule has 0 fully saturated rings. The van der Waals surface area contributed by atoms with Gasteiger partial charge in [0.05, 0.1) is 6.61 Å². The van der Waals surface area contributed by atoms with Gasteiger partial charge in [-0.05, 0) is 18.3 Å². The molecular weight excluding hydrogens is 268 g/mol. The van der Waals surface area contributed by atoms with Gasteiger partial charge in [0.25, 0.3) is 10.1 Å². The van der Waals surface area contributed by atoms with E-state index in [1.165, 1.54) is 0 Å². The van der Waals surface area contributed by atoms with E-state index in [1.54, 1.807) is 20.8 Å². The van der Waals surface area contributed by atoms with Gasteiger partial charge in [0, 0.05) is 6.42 Å². The average Bonchev–Trinajstić information content (AvgIpc) is 2.27. The summed E-state index contributed by atoms with van der Waals surface area (Å²) in [7, 11) is -3.70. The first-order chi connectivity index (χ1) is 8.70. The fourth-order valence-electron chi connectivity index (χ4n) is 1.37. The SMILES string of the molecule is CCC(=O)OCC(C(C)C)S(=O)(=O)OCCC(C)C. The normalized spacial score (nSPS) is 13.8. The number of ether oxygens (including phenoxy) is 1. The largest absolute Gasteiger partial charge is 0.464 e. The second-order valence-electron chi connectivity index (χ2n) is 5.32. The Bertz CT molecular complexity index is 359. The fraction of sp³-hybridized carbons (Fsp3) is 0.923. The minimum Gasteiger partial charge on any atom is -0.464 e. The Balaban J connectivity index is 4.54. The van der Waals surface area contributed by atoms with E-state index >= 15 is 0 Å². The maximum Gasteiger partial charge on any atom is 0.305 e. The molecule has 19 heavy (non-hydrogen) atoms. The highest BCUT2D eigenvalue weighted by Crippen LogP contribution is 2.16. The molecule has 1 unspecified atom stereocenters. The van der Waals surface area contributed by atoms with Crippen molar-refractivity contribution in [2.75, 3.05) is 13.2 Å². The van der Waals surface area contributed by atoms with E-state index in [0.29, 0.717) is 12.3 Å². The maximum absolute atomic E-state index is 12.0. The first-order valence-corrected chi connectivity index (χ1v) is 8.21. The number of esters is 1. The Kier molecular flexibility index (Phi) is 8.25. The van der Waals surface area contributed by atoms with E-state index in [0.717, 1.165) is 0 Å². The van der Waals surface area contributed by atoms with Crippen LogP contribution in [0, 0.1) is 11.8 Å². The molecule has 0 rings (SSSR count). The molecule has 0 saturated heterocycles. The lowest BCUT2D eigenvalue weighted by Crippen LogP contribution is -2.34. The van der Waals surface area contributed by atoms with Gasteiger partial charge in [-0.15, -0.1) is 0 Å². The van der Waals surface area contributed by atoms with Gasteiger partial charge in [0.2, 0.25) is 0 Å². The first kappa shape index (κ1) is 18.4. The van der Waals surface area contributed by atoms with Gasteiger partial charge in [-0.25, -0.2) is 0 Å². The van der Waals surface area contributed by atoms with Crippen molar-refractivity contribution in [1.29, 1.82) is 0 Å². The molecule has 114 valence electrons. The van der Waals surface area contributed by atoms with Crippen LogP contribution in [0.25, 0.3) is 0 Å². The first-order valence-electron chi connectivity index (χ1n) is 6.74. The number of hydrogen-bond donors (Lipinski definition) is 0. The smallest absolute Gasteiger partial charge is 0.305 e. The summed E-state index contributed by atoms with van der Waals surface area (Å²) in [6.45, 7) is 9.24. The minimum atomic E-state index is -3.70. The maximum atomic E-state index is 12.0. The van der Waals surface area contributed by atoms with Gasteiger partial charge in [-0.3, -0.25) is 8.98 Å². The van der Waals surface area contributed by atoms with Crippen LogP contribution in [0.15, 0.2) is 0 Å². The zero-order valence-corrected chi connectivity index (χ0v) is 13.3. The van der Waals surface area contributed by atoms with E-state index in [4.69, 9.17) is 8.92 Å². The van der Waals surface area contributed by atoms with Crippen LogP contribution in [0.5, 0.6) is 0 Å². The Morgan fingerprint density at radius 2 is 1.74 bits per heavy atom. The summed E-state index contributed by atoms with van der Waals surface area (Å²) in [6.07, 6.45) is 0.915. The van der Waals surface area contributed by atoms with Crippen molar-refractivity contribution in [2.24, 2.45) is 11.8 Å². The van der Waals surface area contributed by atoms with Crippen LogP contribution >= 0.6 is 0 Å². The van der Waals surface area contributed by atoms with Crippen molar-refractivity contribution in [2.45, 2.75) is 52.7 Å². The monoisotopic (exact) mass is 294 g/mol. The molecule has 5 nitrogen and oxygen atoms in total. The van der Waals surface area contributed by atoms with Crippen LogP contribution in [0.2, 0.25) is 0 Å². The lowest BCUT2D eigenvalue weighted by Gasteiger charge is -2.20. The molecule has 0 bridgehead atoms. The molecule has 0 aromatic heterocycles. The molecule has 0 saturated carbocycles. The molecule has 0 amide bonds. The lowest BCUT2D eigenvalue weighted by molar-refractivity contribution is -0.143. The van der Waals surface area contributed by atoms with Crippen molar-refractivity contribution in [3.05, 3.63) is 0 Å². The van der Waals surface area contributed by atoms with Crippen LogP contribution in [-0.2, 0) is 23.8 Å². The van der Waals surface area contributed by atoms with E-state index in [1.807, 2.05) is 13.8 Å². The molecule has 0 spiro atoms. The second-order valence-corrected chi connectivity index (χ2v) is 7.14. The van der Waals surface area contributed by atoms with Crippen LogP contribution in [-0.4, -0.2) is 32.9 Å². The molecule has 0 N–H and O–H groups in total. The highest BCUT2D eigenvalue weighted by atomic mass is 32.2. The van der Waals surface area contributed by atoms with Gasteiger partial charge in [-0.1, -0.05) is 34.6 Å². The predicted molar refractivity (Wildman–Crippen MR) is 74.2 cm³/mol. The Labute approximate surface area is 116 Å². The molecular formula is C13H26O5S. The molecule has 0 heterocycles. The third-order valence-corrected chi connectivity index (χ3v) is 4.67. The van der Waals surface area contributed by atoms with E-state index in [-0.39, 0.29) is 25.6 Å². The summed E-state index contributed by atoms with van der Waals surface area (Å²) in [4.78, 5) is 11.1. The number of rotatable bonds is 9. The van der Waals surface area contributed by atoms with Crippen LogP contribution in [0.1, 0.15) is 47.5 Å². The van der Waals surface area contributed by atoms with E-state index < -0.39 is 21.3 Å². The lowest BCUT2D eigenvalue weighted by atomic mass is 10.1. The standard InChI is InChI=1S/C13H26O5S/c1-6-13(14)17-9-12(11(4)5)19(15,16)18-8-7-10(2)3/h10-12H,6-9H2,1-5H3. The zero-order valence-electron chi connectivity index (χ0n) is 12.5. The van der Waals surface area contributed by atoms with Crippen LogP contribution in [0.4, 0.5) is 0 Å². The molecule has 0 aliphatic heterocycles. The summed E-state index contributed by atoms with van der Waals surface area (Å²) >= 11 is 0. The summed E-state index contributed by atoms with van der Waals surface area (Å²) < 4.78 is 34.0. The van der Waals surface area contributed by atoms with Gasteiger partial charge >= 0.3 is 5.97 Å². The van der Waals surface area contributed by atoms with E-state index in [2.05, 4.69) is 0 Å². The van der Waals surface area contributed by atoms with E-state index in [9.17, 15) is 13.2 Å². The quantitative estimate of drug-likeness (QED) is 0.482. The zero-order chi connectivity index (χ0) is 15.1. The molecule has 0 aliphatic carbocycles. The van der Waals surface area contributed by atoms with Crippen LogP contribution in [0.3, 0.4) is 0 Å². The molecule has 0 aromatic rings. The summed E-state index contributed by atoms with van der Waals surface area (Å²) in [5.74, 6) is -0.192. The number of carbonyl (C=O) groups is 1. The second kappa shape index (κ2) is 8.53. The Hall–Kier alpha value is -0.620. The van der Waals surface area contributed by atoms with Crippen molar-refractivity contribution in [3.8, 4) is 0 Å². The number of carbonyl (C=O) groups excluding carboxylic acids is 1. The molecule has 0 aromatic carbocycles. The fourth-order valence-corrected chi connectivity index (χ4v) is 2.78. The topological polar surface area (TPSA) is 69.7 Å². The number of hydrogen-bond acceptors (Lipinski definition) is 5. The van der Waals surface area contributed by atoms with Gasteiger partial charge in [-0.2, -0.15) is 8.42 Å². The third kappa shape index (κ3) is 7.52. The Morgan fingerprint density at radius 1 is 1.16 bits per heavy atom. The van der Waals surface area contributed by atoms with Gasteiger partial charge in [0.15, 0.2) is 0 Å².